The molecule has 0 unspecified atom stereocenters. The maximum absolute atomic E-state index is 5.06. The van der Waals surface area contributed by atoms with Crippen molar-refractivity contribution in [3.63, 3.8) is 0 Å². The summed E-state index contributed by atoms with van der Waals surface area (Å²) in [6.45, 7) is 0. The molecule has 40 heavy (non-hydrogen) atoms. The molecule has 0 spiro atoms. The maximum Gasteiger partial charge on any atom is 0.291 e. The Kier molecular flexibility index (Phi) is 4.49. The molecule has 0 aliphatic rings. The molecule has 0 saturated carbocycles. The van der Waals surface area contributed by atoms with Crippen molar-refractivity contribution in [2.45, 2.75) is 0 Å². The van der Waals surface area contributed by atoms with E-state index in [2.05, 4.69) is 126 Å². The summed E-state index contributed by atoms with van der Waals surface area (Å²) in [7, 11) is 0. The molecule has 0 bridgehead atoms. The Labute approximate surface area is 237 Å². The summed E-state index contributed by atoms with van der Waals surface area (Å²) >= 11 is 0.854. The topological polar surface area (TPSA) is 30.7 Å². The van der Waals surface area contributed by atoms with Gasteiger partial charge in [0, 0.05) is 16.2 Å². The molecule has 2 aromatic heterocycles. The second-order valence-corrected chi connectivity index (χ2v) is 11.6. The number of aromatic nitrogens is 3. The fraction of sp³-hybridized carbons (Fsp3) is 0. The summed E-state index contributed by atoms with van der Waals surface area (Å²) in [6.07, 6.45) is 0. The second kappa shape index (κ2) is 8.13. The Morgan fingerprint density at radius 3 is 1.65 bits per heavy atom. The van der Waals surface area contributed by atoms with E-state index in [1.54, 1.807) is 0 Å². The molecular weight excluding hydrogens is 501 g/mol. The lowest BCUT2D eigenvalue weighted by molar-refractivity contribution is 1.02. The van der Waals surface area contributed by atoms with E-state index in [4.69, 9.17) is 9.97 Å². The summed E-state index contributed by atoms with van der Waals surface area (Å²) in [4.78, 5) is 10.1. The standard InChI is InChI=1S/C36H20N3.Al.2H/c1-7-15-31-22(9-1)21-37-36(38-31)39-32-16-8-6-14-30(32)35-29-18-17-27-25-12-3-2-10-23(25)24-11-4-5-13-26(24)34(27)28(29)19-20-33(35)39;;;/h1-20H;;;. The highest BCUT2D eigenvalue weighted by atomic mass is 27.0. The zero-order chi connectivity index (χ0) is 26.4. The average Bonchev–Trinajstić information content (AvgIpc) is 3.35. The molecule has 0 N–H and O–H groups in total. The first-order valence-electron chi connectivity index (χ1n) is 13.7. The summed E-state index contributed by atoms with van der Waals surface area (Å²) in [5, 5.41) is 13.9. The van der Waals surface area contributed by atoms with Crippen LogP contribution < -0.4 is 4.56 Å². The average molecular weight is 524 g/mol. The molecule has 0 aliphatic heterocycles. The molecule has 0 amide bonds. The molecular formula is C36H22AlN3. The second-order valence-electron chi connectivity index (χ2n) is 10.6. The molecule has 2 heterocycles. The molecule has 0 aliphatic carbocycles. The minimum atomic E-state index is 0.742. The van der Waals surface area contributed by atoms with Gasteiger partial charge in [-0.25, -0.2) is 9.97 Å². The van der Waals surface area contributed by atoms with Crippen LogP contribution >= 0.6 is 0 Å². The Hall–Kier alpha value is -4.75. The van der Waals surface area contributed by atoms with E-state index in [-0.39, 0.29) is 0 Å². The van der Waals surface area contributed by atoms with Gasteiger partial charge in [-0.05, 0) is 65.8 Å². The third kappa shape index (κ3) is 2.90. The fourth-order valence-corrected chi connectivity index (χ4v) is 7.44. The molecule has 9 aromatic rings. The predicted molar refractivity (Wildman–Crippen MR) is 172 cm³/mol. The number of fused-ring (bicyclic) bond motifs is 13. The van der Waals surface area contributed by atoms with Crippen molar-refractivity contribution >= 4 is 96.6 Å². The predicted octanol–water partition coefficient (Wildman–Crippen LogP) is 7.60. The highest BCUT2D eigenvalue weighted by Crippen LogP contribution is 2.42. The van der Waals surface area contributed by atoms with Crippen LogP contribution in [0.25, 0.3) is 81.7 Å². The van der Waals surface area contributed by atoms with E-state index in [9.17, 15) is 0 Å². The van der Waals surface area contributed by atoms with Gasteiger partial charge < -0.3 is 0 Å². The monoisotopic (exact) mass is 523 g/mol. The van der Waals surface area contributed by atoms with Crippen LogP contribution in [0.5, 0.6) is 0 Å². The highest BCUT2D eigenvalue weighted by molar-refractivity contribution is 6.37. The molecule has 4 heteroatoms. The zero-order valence-corrected chi connectivity index (χ0v) is 23.9. The van der Waals surface area contributed by atoms with Gasteiger partial charge in [0.05, 0.1) is 16.6 Å². The number of hydrogen-bond donors (Lipinski definition) is 0. The van der Waals surface area contributed by atoms with Gasteiger partial charge in [0.15, 0.2) is 0 Å². The highest BCUT2D eigenvalue weighted by Gasteiger charge is 2.19. The van der Waals surface area contributed by atoms with Crippen LogP contribution in [0, 0.1) is 0 Å². The van der Waals surface area contributed by atoms with E-state index in [0.29, 0.717) is 0 Å². The molecule has 7 aromatic carbocycles. The maximum atomic E-state index is 5.06. The quantitative estimate of drug-likeness (QED) is 0.164. The SMILES string of the molecule is [AlH2][c]1nc(-n2c3ccccc3c3c4ccc5c6ccccc6c6ccccc6c5c4ccc32)nc2ccccc12. The van der Waals surface area contributed by atoms with Crippen molar-refractivity contribution in [2.75, 3.05) is 0 Å². The van der Waals surface area contributed by atoms with Crippen molar-refractivity contribution < 1.29 is 0 Å². The summed E-state index contributed by atoms with van der Waals surface area (Å²) in [6, 6.07) is 43.8. The van der Waals surface area contributed by atoms with E-state index in [1.165, 1.54) is 53.9 Å². The van der Waals surface area contributed by atoms with Gasteiger partial charge in [-0.2, -0.15) is 0 Å². The number of para-hydroxylation sites is 2. The van der Waals surface area contributed by atoms with Crippen LogP contribution in [0.15, 0.2) is 121 Å². The summed E-state index contributed by atoms with van der Waals surface area (Å²) < 4.78 is 3.37. The van der Waals surface area contributed by atoms with Crippen LogP contribution in [0.4, 0.5) is 0 Å². The van der Waals surface area contributed by atoms with Crippen molar-refractivity contribution in [1.29, 1.82) is 0 Å². The van der Waals surface area contributed by atoms with Gasteiger partial charge in [0.25, 0.3) is 16.3 Å². The molecule has 0 saturated heterocycles. The van der Waals surface area contributed by atoms with Gasteiger partial charge in [0.2, 0.25) is 5.95 Å². The third-order valence-corrected chi connectivity index (χ3v) is 9.28. The minimum Gasteiger partial charge on any atom is -0.278 e. The van der Waals surface area contributed by atoms with Crippen molar-refractivity contribution in [1.82, 2.24) is 14.5 Å². The number of hydrogen-bond acceptors (Lipinski definition) is 2. The number of nitrogens with zero attached hydrogens (tertiary/aromatic N) is 3. The Bertz CT molecular complexity index is 2470. The van der Waals surface area contributed by atoms with E-state index in [0.717, 1.165) is 48.7 Å². The third-order valence-electron chi connectivity index (χ3n) is 8.52. The van der Waals surface area contributed by atoms with E-state index >= 15 is 0 Å². The van der Waals surface area contributed by atoms with Gasteiger partial charge in [0.1, 0.15) is 0 Å². The summed E-state index contributed by atoms with van der Waals surface area (Å²) in [5.74, 6) is 0.742. The van der Waals surface area contributed by atoms with Crippen molar-refractivity contribution in [3.8, 4) is 5.95 Å². The Morgan fingerprint density at radius 1 is 0.400 bits per heavy atom. The first kappa shape index (κ1) is 22.1. The van der Waals surface area contributed by atoms with E-state index in [1.807, 2.05) is 0 Å². The van der Waals surface area contributed by atoms with Crippen LogP contribution in [-0.2, 0) is 0 Å². The van der Waals surface area contributed by atoms with Crippen LogP contribution in [0.1, 0.15) is 0 Å². The lowest BCUT2D eigenvalue weighted by atomic mass is 9.90. The molecule has 3 nitrogen and oxygen atoms in total. The molecule has 0 radical (unpaired) electrons. The lowest BCUT2D eigenvalue weighted by Gasteiger charge is -2.14. The first-order chi connectivity index (χ1) is 19.8. The molecule has 0 atom stereocenters. The van der Waals surface area contributed by atoms with Crippen molar-refractivity contribution in [2.24, 2.45) is 0 Å². The first-order valence-corrected chi connectivity index (χ1v) is 14.7. The molecule has 184 valence electrons. The van der Waals surface area contributed by atoms with Crippen molar-refractivity contribution in [3.05, 3.63) is 121 Å². The smallest absolute Gasteiger partial charge is 0.278 e. The fourth-order valence-electron chi connectivity index (χ4n) is 6.81. The number of benzene rings is 7. The molecule has 9 rings (SSSR count). The molecule has 0 fully saturated rings. The van der Waals surface area contributed by atoms with Gasteiger partial charge >= 0.3 is 0 Å². The van der Waals surface area contributed by atoms with Crippen LogP contribution in [0.3, 0.4) is 0 Å². The Balaban J connectivity index is 1.47. The van der Waals surface area contributed by atoms with Gasteiger partial charge in [-0.3, -0.25) is 4.57 Å². The van der Waals surface area contributed by atoms with Crippen LogP contribution in [0.2, 0.25) is 0 Å². The van der Waals surface area contributed by atoms with Gasteiger partial charge in [-0.1, -0.05) is 103 Å². The largest absolute Gasteiger partial charge is 0.291 e. The van der Waals surface area contributed by atoms with E-state index < -0.39 is 0 Å². The zero-order valence-electron chi connectivity index (χ0n) is 21.9. The normalized spacial score (nSPS) is 12.1. The van der Waals surface area contributed by atoms with Crippen LogP contribution in [-0.4, -0.2) is 30.8 Å². The number of rotatable bonds is 1. The Morgan fingerprint density at radius 2 is 0.900 bits per heavy atom. The summed E-state index contributed by atoms with van der Waals surface area (Å²) in [5.41, 5.74) is 3.26. The minimum absolute atomic E-state index is 0.742. The lowest BCUT2D eigenvalue weighted by Crippen LogP contribution is -2.15. The van der Waals surface area contributed by atoms with Gasteiger partial charge in [-0.15, -0.1) is 0 Å².